The van der Waals surface area contributed by atoms with Gasteiger partial charge in [0.05, 0.1) is 10.5 Å². The molecule has 33 heavy (non-hydrogen) atoms. The van der Waals surface area contributed by atoms with Crippen molar-refractivity contribution in [2.75, 3.05) is 6.61 Å². The monoisotopic (exact) mass is 462 g/mol. The Morgan fingerprint density at radius 1 is 0.939 bits per heavy atom. The van der Waals surface area contributed by atoms with Gasteiger partial charge in [0.15, 0.2) is 6.61 Å². The number of benzene rings is 3. The maximum absolute atomic E-state index is 12.7. The van der Waals surface area contributed by atoms with Gasteiger partial charge in [-0.25, -0.2) is 17.9 Å². The number of carbonyl (C=O) groups is 2. The summed E-state index contributed by atoms with van der Waals surface area (Å²) in [6.07, 6.45) is 0. The Bertz CT molecular complexity index is 1430. The molecule has 8 heteroatoms. The molecule has 2 N–H and O–H groups in total. The van der Waals surface area contributed by atoms with Gasteiger partial charge in [-0.2, -0.15) is 0 Å². The number of carbonyl (C=O) groups excluding carboxylic acids is 2. The van der Waals surface area contributed by atoms with Crippen molar-refractivity contribution in [2.45, 2.75) is 18.4 Å². The van der Waals surface area contributed by atoms with Crippen molar-refractivity contribution < 1.29 is 22.7 Å². The summed E-state index contributed by atoms with van der Waals surface area (Å²) in [5.41, 5.74) is 2.84. The Morgan fingerprint density at radius 3 is 2.45 bits per heavy atom. The fourth-order valence-corrected chi connectivity index (χ4v) is 4.63. The average Bonchev–Trinajstić information content (AvgIpc) is 3.17. The van der Waals surface area contributed by atoms with Crippen LogP contribution in [-0.2, 0) is 21.3 Å². The number of rotatable bonds is 8. The highest BCUT2D eigenvalue weighted by molar-refractivity contribution is 7.89. The molecule has 0 spiro atoms. The van der Waals surface area contributed by atoms with Gasteiger partial charge < -0.3 is 9.72 Å². The summed E-state index contributed by atoms with van der Waals surface area (Å²) < 4.78 is 33.0. The SMILES string of the molecule is Cc1[nH]c2ccccc2c1C(=O)COC(=O)c1cccc(S(=O)(=O)NCc2ccccc2)c1. The molecule has 3 aromatic carbocycles. The Labute approximate surface area is 191 Å². The van der Waals surface area contributed by atoms with Crippen LogP contribution < -0.4 is 4.72 Å². The second kappa shape index (κ2) is 9.40. The third kappa shape index (κ3) is 5.02. The van der Waals surface area contributed by atoms with E-state index in [9.17, 15) is 18.0 Å². The van der Waals surface area contributed by atoms with E-state index in [4.69, 9.17) is 4.74 Å². The third-order valence-corrected chi connectivity index (χ3v) is 6.59. The molecule has 0 fully saturated rings. The standard InChI is InChI=1S/C25H22N2O5S/c1-17-24(21-12-5-6-13-22(21)27-17)23(28)16-32-25(29)19-10-7-11-20(14-19)33(30,31)26-15-18-8-3-2-4-9-18/h2-14,26-27H,15-16H2,1H3. The average molecular weight is 463 g/mol. The van der Waals surface area contributed by atoms with E-state index in [0.717, 1.165) is 16.5 Å². The van der Waals surface area contributed by atoms with E-state index in [1.165, 1.54) is 24.3 Å². The number of esters is 1. The van der Waals surface area contributed by atoms with Gasteiger partial charge in [-0.05, 0) is 36.8 Å². The minimum absolute atomic E-state index is 0.0426. The Hall–Kier alpha value is -3.75. The summed E-state index contributed by atoms with van der Waals surface area (Å²) in [5.74, 6) is -1.12. The minimum Gasteiger partial charge on any atom is -0.454 e. The number of H-pyrrole nitrogens is 1. The zero-order valence-electron chi connectivity index (χ0n) is 17.9. The molecule has 4 rings (SSSR count). The maximum Gasteiger partial charge on any atom is 0.338 e. The number of nitrogens with one attached hydrogen (secondary N) is 2. The van der Waals surface area contributed by atoms with Crippen LogP contribution in [0.3, 0.4) is 0 Å². The molecule has 0 radical (unpaired) electrons. The van der Waals surface area contributed by atoms with Crippen LogP contribution in [0.1, 0.15) is 32.0 Å². The number of aromatic nitrogens is 1. The number of ketones is 1. The fraction of sp³-hybridized carbons (Fsp3) is 0.120. The Balaban J connectivity index is 1.44. The van der Waals surface area contributed by atoms with E-state index < -0.39 is 22.6 Å². The number of sulfonamides is 1. The zero-order chi connectivity index (χ0) is 23.4. The quantitative estimate of drug-likeness (QED) is 0.304. The topological polar surface area (TPSA) is 105 Å². The van der Waals surface area contributed by atoms with Crippen molar-refractivity contribution in [1.29, 1.82) is 0 Å². The van der Waals surface area contributed by atoms with E-state index >= 15 is 0 Å². The normalized spacial score (nSPS) is 11.4. The largest absolute Gasteiger partial charge is 0.454 e. The van der Waals surface area contributed by atoms with E-state index in [-0.39, 0.29) is 22.8 Å². The van der Waals surface area contributed by atoms with Gasteiger partial charge in [0.2, 0.25) is 15.8 Å². The van der Waals surface area contributed by atoms with Crippen LogP contribution in [0.2, 0.25) is 0 Å². The molecule has 168 valence electrons. The molecule has 7 nitrogen and oxygen atoms in total. The van der Waals surface area contributed by atoms with Crippen molar-refractivity contribution in [2.24, 2.45) is 0 Å². The number of hydrogen-bond acceptors (Lipinski definition) is 5. The van der Waals surface area contributed by atoms with Crippen LogP contribution in [0.15, 0.2) is 83.8 Å². The molecule has 0 aliphatic rings. The van der Waals surface area contributed by atoms with E-state index in [0.29, 0.717) is 11.3 Å². The van der Waals surface area contributed by atoms with Crippen molar-refractivity contribution in [3.8, 4) is 0 Å². The molecule has 0 atom stereocenters. The number of ether oxygens (including phenoxy) is 1. The number of fused-ring (bicyclic) bond motifs is 1. The van der Waals surface area contributed by atoms with E-state index in [2.05, 4.69) is 9.71 Å². The predicted molar refractivity (Wildman–Crippen MR) is 125 cm³/mol. The van der Waals surface area contributed by atoms with Crippen LogP contribution in [0.25, 0.3) is 10.9 Å². The third-order valence-electron chi connectivity index (χ3n) is 5.20. The van der Waals surface area contributed by atoms with Crippen LogP contribution in [0.4, 0.5) is 0 Å². The Kier molecular flexibility index (Phi) is 6.39. The molecule has 0 aliphatic carbocycles. The molecule has 0 amide bonds. The molecule has 0 unspecified atom stereocenters. The lowest BCUT2D eigenvalue weighted by Gasteiger charge is -2.09. The smallest absolute Gasteiger partial charge is 0.338 e. The molecule has 0 bridgehead atoms. The summed E-state index contributed by atoms with van der Waals surface area (Å²) in [5, 5.41) is 0.758. The van der Waals surface area contributed by atoms with Gasteiger partial charge in [-0.15, -0.1) is 0 Å². The number of para-hydroxylation sites is 1. The lowest BCUT2D eigenvalue weighted by molar-refractivity contribution is 0.0474. The first-order valence-electron chi connectivity index (χ1n) is 10.3. The summed E-state index contributed by atoms with van der Waals surface area (Å²) in [6, 6.07) is 22.0. The predicted octanol–water partition coefficient (Wildman–Crippen LogP) is 3.99. The number of hydrogen-bond donors (Lipinski definition) is 2. The lowest BCUT2D eigenvalue weighted by Crippen LogP contribution is -2.23. The first-order valence-corrected chi connectivity index (χ1v) is 11.7. The van der Waals surface area contributed by atoms with Gasteiger partial charge in [0, 0.05) is 28.7 Å². The van der Waals surface area contributed by atoms with Crippen molar-refractivity contribution >= 4 is 32.7 Å². The molecular weight excluding hydrogens is 440 g/mol. The highest BCUT2D eigenvalue weighted by Gasteiger charge is 2.20. The number of aromatic amines is 1. The molecule has 0 saturated carbocycles. The van der Waals surface area contributed by atoms with E-state index in [1.807, 2.05) is 54.6 Å². The molecule has 1 aromatic heterocycles. The number of aryl methyl sites for hydroxylation is 1. The van der Waals surface area contributed by atoms with Gasteiger partial charge in [-0.3, -0.25) is 4.79 Å². The fourth-order valence-electron chi connectivity index (χ4n) is 3.57. The zero-order valence-corrected chi connectivity index (χ0v) is 18.7. The molecule has 0 aliphatic heterocycles. The lowest BCUT2D eigenvalue weighted by atomic mass is 10.1. The van der Waals surface area contributed by atoms with E-state index in [1.54, 1.807) is 6.92 Å². The second-order valence-electron chi connectivity index (χ2n) is 7.51. The first kappa shape index (κ1) is 22.4. The molecule has 4 aromatic rings. The van der Waals surface area contributed by atoms with Crippen LogP contribution in [0.5, 0.6) is 0 Å². The highest BCUT2D eigenvalue weighted by Crippen LogP contribution is 2.22. The van der Waals surface area contributed by atoms with Gasteiger partial charge in [0.25, 0.3) is 0 Å². The van der Waals surface area contributed by atoms with Crippen molar-refractivity contribution in [3.63, 3.8) is 0 Å². The summed E-state index contributed by atoms with van der Waals surface area (Å²) in [7, 11) is -3.84. The number of Topliss-reactive ketones (excluding diaryl/α,β-unsaturated/α-hetero) is 1. The second-order valence-corrected chi connectivity index (χ2v) is 9.27. The van der Waals surface area contributed by atoms with Crippen LogP contribution >= 0.6 is 0 Å². The van der Waals surface area contributed by atoms with Crippen LogP contribution in [0, 0.1) is 6.92 Å². The highest BCUT2D eigenvalue weighted by atomic mass is 32.2. The first-order chi connectivity index (χ1) is 15.8. The molecular formula is C25H22N2O5S. The van der Waals surface area contributed by atoms with Gasteiger partial charge in [-0.1, -0.05) is 54.6 Å². The summed E-state index contributed by atoms with van der Waals surface area (Å²) in [4.78, 5) is 28.3. The van der Waals surface area contributed by atoms with Gasteiger partial charge in [0.1, 0.15) is 0 Å². The minimum atomic E-state index is -3.84. The molecule has 1 heterocycles. The summed E-state index contributed by atoms with van der Waals surface area (Å²) >= 11 is 0. The van der Waals surface area contributed by atoms with Crippen LogP contribution in [-0.4, -0.2) is 31.8 Å². The Morgan fingerprint density at radius 2 is 1.67 bits per heavy atom. The molecule has 0 saturated heterocycles. The van der Waals surface area contributed by atoms with Crippen molar-refractivity contribution in [1.82, 2.24) is 9.71 Å². The van der Waals surface area contributed by atoms with Crippen molar-refractivity contribution in [3.05, 3.63) is 101 Å². The van der Waals surface area contributed by atoms with Gasteiger partial charge >= 0.3 is 5.97 Å². The maximum atomic E-state index is 12.7. The summed E-state index contributed by atoms with van der Waals surface area (Å²) in [6.45, 7) is 1.45.